The Bertz CT molecular complexity index is 1270. The van der Waals surface area contributed by atoms with Crippen molar-refractivity contribution in [1.82, 2.24) is 15.0 Å². The maximum absolute atomic E-state index is 6.23. The SMILES string of the molecule is Clc1ccc(Nc2nc3ccccc3c3nc(C4C[C@H]5CCC[C@@H](C4)C5)[nH]c23)cc1Cl. The number of H-pyrrole nitrogens is 1. The van der Waals surface area contributed by atoms with Gasteiger partial charge in [0.25, 0.3) is 0 Å². The minimum absolute atomic E-state index is 0.507. The average molecular weight is 451 g/mol. The van der Waals surface area contributed by atoms with Crippen molar-refractivity contribution >= 4 is 56.6 Å². The molecule has 0 radical (unpaired) electrons. The Labute approximate surface area is 191 Å². The van der Waals surface area contributed by atoms with E-state index in [9.17, 15) is 0 Å². The smallest absolute Gasteiger partial charge is 0.157 e. The Morgan fingerprint density at radius 3 is 2.52 bits per heavy atom. The first kappa shape index (κ1) is 19.4. The lowest BCUT2D eigenvalue weighted by atomic mass is 9.68. The van der Waals surface area contributed by atoms with E-state index in [1.165, 1.54) is 38.5 Å². The maximum Gasteiger partial charge on any atom is 0.157 e. The molecule has 0 aliphatic heterocycles. The van der Waals surface area contributed by atoms with Crippen LogP contribution in [0.25, 0.3) is 21.9 Å². The van der Waals surface area contributed by atoms with Gasteiger partial charge in [0.1, 0.15) is 16.9 Å². The van der Waals surface area contributed by atoms with Crippen molar-refractivity contribution in [3.8, 4) is 0 Å². The third kappa shape index (κ3) is 3.56. The molecule has 6 rings (SSSR count). The monoisotopic (exact) mass is 450 g/mol. The van der Waals surface area contributed by atoms with Gasteiger partial charge < -0.3 is 10.3 Å². The molecule has 4 aromatic rings. The Morgan fingerprint density at radius 1 is 0.903 bits per heavy atom. The summed E-state index contributed by atoms with van der Waals surface area (Å²) < 4.78 is 0. The zero-order chi connectivity index (χ0) is 20.9. The summed E-state index contributed by atoms with van der Waals surface area (Å²) in [5.74, 6) is 4.10. The van der Waals surface area contributed by atoms with E-state index in [0.29, 0.717) is 16.0 Å². The van der Waals surface area contributed by atoms with Gasteiger partial charge in [0.2, 0.25) is 0 Å². The lowest BCUT2D eigenvalue weighted by Gasteiger charge is -2.38. The Morgan fingerprint density at radius 2 is 1.71 bits per heavy atom. The fourth-order valence-corrected chi connectivity index (χ4v) is 5.95. The first-order valence-corrected chi connectivity index (χ1v) is 11.9. The maximum atomic E-state index is 6.23. The first-order chi connectivity index (χ1) is 15.1. The van der Waals surface area contributed by atoms with Crippen LogP contribution in [0.5, 0.6) is 0 Å². The Balaban J connectivity index is 1.45. The summed E-state index contributed by atoms with van der Waals surface area (Å²) in [6.45, 7) is 0. The van der Waals surface area contributed by atoms with Crippen LogP contribution in [0.4, 0.5) is 11.5 Å². The molecule has 2 bridgehead atoms. The summed E-state index contributed by atoms with van der Waals surface area (Å²) >= 11 is 12.3. The number of para-hydroxylation sites is 1. The van der Waals surface area contributed by atoms with Crippen molar-refractivity contribution in [3.05, 3.63) is 58.3 Å². The van der Waals surface area contributed by atoms with Crippen LogP contribution in [-0.4, -0.2) is 15.0 Å². The van der Waals surface area contributed by atoms with Crippen molar-refractivity contribution in [2.24, 2.45) is 11.8 Å². The molecule has 4 nitrogen and oxygen atoms in total. The van der Waals surface area contributed by atoms with Crippen molar-refractivity contribution in [2.45, 2.75) is 44.4 Å². The molecule has 2 fully saturated rings. The van der Waals surface area contributed by atoms with E-state index in [0.717, 1.165) is 51.1 Å². The molecule has 2 N–H and O–H groups in total. The van der Waals surface area contributed by atoms with E-state index in [4.69, 9.17) is 33.2 Å². The van der Waals surface area contributed by atoms with Gasteiger partial charge in [-0.1, -0.05) is 60.7 Å². The zero-order valence-electron chi connectivity index (χ0n) is 17.2. The first-order valence-electron chi connectivity index (χ1n) is 11.1. The molecule has 3 atom stereocenters. The van der Waals surface area contributed by atoms with E-state index >= 15 is 0 Å². The van der Waals surface area contributed by atoms with Gasteiger partial charge in [-0.2, -0.15) is 0 Å². The molecular formula is C25H24Cl2N4. The van der Waals surface area contributed by atoms with E-state index < -0.39 is 0 Å². The van der Waals surface area contributed by atoms with Crippen LogP contribution >= 0.6 is 23.2 Å². The second-order valence-corrected chi connectivity index (χ2v) is 9.96. The normalized spacial score (nSPS) is 23.4. The molecule has 31 heavy (non-hydrogen) atoms. The molecule has 0 saturated heterocycles. The Kier molecular flexibility index (Phi) is 4.81. The third-order valence-corrected chi connectivity index (χ3v) is 7.79. The number of benzene rings is 2. The molecule has 2 heterocycles. The second-order valence-electron chi connectivity index (χ2n) is 9.14. The summed E-state index contributed by atoms with van der Waals surface area (Å²) in [5.41, 5.74) is 3.72. The number of hydrogen-bond donors (Lipinski definition) is 2. The number of imidazole rings is 1. The van der Waals surface area contributed by atoms with Gasteiger partial charge in [-0.05, 0) is 55.4 Å². The third-order valence-electron chi connectivity index (χ3n) is 7.05. The number of pyridine rings is 1. The summed E-state index contributed by atoms with van der Waals surface area (Å²) in [4.78, 5) is 13.7. The zero-order valence-corrected chi connectivity index (χ0v) is 18.7. The van der Waals surface area contributed by atoms with Gasteiger partial charge >= 0.3 is 0 Å². The molecule has 6 heteroatoms. The lowest BCUT2D eigenvalue weighted by molar-refractivity contribution is 0.167. The van der Waals surface area contributed by atoms with Crippen LogP contribution in [0, 0.1) is 11.8 Å². The predicted molar refractivity (Wildman–Crippen MR) is 129 cm³/mol. The van der Waals surface area contributed by atoms with E-state index in [1.807, 2.05) is 24.3 Å². The number of hydrogen-bond acceptors (Lipinski definition) is 3. The van der Waals surface area contributed by atoms with Crippen molar-refractivity contribution in [3.63, 3.8) is 0 Å². The van der Waals surface area contributed by atoms with E-state index in [-0.39, 0.29) is 0 Å². The highest BCUT2D eigenvalue weighted by atomic mass is 35.5. The average Bonchev–Trinajstić information content (AvgIpc) is 3.22. The molecule has 158 valence electrons. The van der Waals surface area contributed by atoms with Crippen LogP contribution < -0.4 is 5.32 Å². The fraction of sp³-hybridized carbons (Fsp3) is 0.360. The summed E-state index contributed by atoms with van der Waals surface area (Å²) in [7, 11) is 0. The molecule has 1 unspecified atom stereocenters. The molecular weight excluding hydrogens is 427 g/mol. The van der Waals surface area contributed by atoms with E-state index in [1.54, 1.807) is 6.07 Å². The molecule has 0 amide bonds. The van der Waals surface area contributed by atoms with Crippen LogP contribution in [0.3, 0.4) is 0 Å². The highest BCUT2D eigenvalue weighted by Crippen LogP contribution is 2.46. The number of nitrogens with one attached hydrogen (secondary N) is 2. The highest BCUT2D eigenvalue weighted by Gasteiger charge is 2.34. The minimum Gasteiger partial charge on any atom is -0.339 e. The summed E-state index contributed by atoms with van der Waals surface area (Å²) in [6.07, 6.45) is 8.05. The van der Waals surface area contributed by atoms with Crippen LogP contribution in [-0.2, 0) is 0 Å². The number of halogens is 2. The molecule has 2 saturated carbocycles. The number of anilines is 2. The van der Waals surface area contributed by atoms with Crippen molar-refractivity contribution in [2.75, 3.05) is 5.32 Å². The number of aromatic nitrogens is 3. The van der Waals surface area contributed by atoms with Gasteiger partial charge in [-0.15, -0.1) is 0 Å². The highest BCUT2D eigenvalue weighted by molar-refractivity contribution is 6.42. The van der Waals surface area contributed by atoms with Gasteiger partial charge in [0.15, 0.2) is 5.82 Å². The fourth-order valence-electron chi connectivity index (χ4n) is 5.65. The lowest BCUT2D eigenvalue weighted by Crippen LogP contribution is -2.26. The second kappa shape index (κ2) is 7.68. The largest absolute Gasteiger partial charge is 0.339 e. The Hall–Kier alpha value is -2.30. The van der Waals surface area contributed by atoms with E-state index in [2.05, 4.69) is 22.4 Å². The topological polar surface area (TPSA) is 53.6 Å². The number of aromatic amines is 1. The standard InChI is InChI=1S/C25H24Cl2N4/c26-19-9-8-17(13-20(19)27)28-25-23-22(18-6-1-2-7-21(18)29-25)30-24(31-23)16-11-14-4-3-5-15(10-14)12-16/h1-2,6-9,13-16H,3-5,10-12H2,(H,28,29)(H,30,31)/t14-,15+,16?. The van der Waals surface area contributed by atoms with Gasteiger partial charge in [0, 0.05) is 17.0 Å². The predicted octanol–water partition coefficient (Wildman–Crippen LogP) is 7.85. The molecule has 2 aromatic carbocycles. The summed E-state index contributed by atoms with van der Waals surface area (Å²) in [6, 6.07) is 13.7. The molecule has 2 aromatic heterocycles. The number of rotatable bonds is 3. The quantitative estimate of drug-likeness (QED) is 0.334. The van der Waals surface area contributed by atoms with Gasteiger partial charge in [0.05, 0.1) is 15.6 Å². The van der Waals surface area contributed by atoms with Crippen molar-refractivity contribution < 1.29 is 0 Å². The van der Waals surface area contributed by atoms with Gasteiger partial charge in [-0.3, -0.25) is 0 Å². The molecule has 2 aliphatic rings. The number of fused-ring (bicyclic) bond motifs is 5. The van der Waals surface area contributed by atoms with Crippen LogP contribution in [0.15, 0.2) is 42.5 Å². The molecule has 2 aliphatic carbocycles. The minimum atomic E-state index is 0.507. The van der Waals surface area contributed by atoms with Crippen LogP contribution in [0.1, 0.15) is 50.3 Å². The van der Waals surface area contributed by atoms with Crippen LogP contribution in [0.2, 0.25) is 10.0 Å². The summed E-state index contributed by atoms with van der Waals surface area (Å²) in [5, 5.41) is 5.57. The van der Waals surface area contributed by atoms with Gasteiger partial charge in [-0.25, -0.2) is 9.97 Å². The number of nitrogens with zero attached hydrogens (tertiary/aromatic N) is 2. The molecule has 0 spiro atoms. The van der Waals surface area contributed by atoms with Crippen molar-refractivity contribution in [1.29, 1.82) is 0 Å².